The van der Waals surface area contributed by atoms with Crippen molar-refractivity contribution in [3.63, 3.8) is 0 Å². The number of nitrogens with zero attached hydrogens (tertiary/aromatic N) is 1. The Morgan fingerprint density at radius 1 is 1.08 bits per heavy atom. The van der Waals surface area contributed by atoms with Gasteiger partial charge in [-0.05, 0) is 30.3 Å². The Balaban J connectivity index is 1.83. The van der Waals surface area contributed by atoms with Gasteiger partial charge in [0.05, 0.1) is 15.0 Å². The van der Waals surface area contributed by atoms with Crippen LogP contribution in [0.5, 0.6) is 0 Å². The number of benzene rings is 2. The van der Waals surface area contributed by atoms with Gasteiger partial charge in [-0.1, -0.05) is 35.3 Å². The standard InChI is InChI=1S/C17H10Cl2N2O4/c18-13-6-2-5-12(16(13)19)14-7-8-15(25-14)17(22)20-10-3-1-4-11(9-10)21(23)24/h1-9H,(H,20,22). The third-order valence-corrected chi connectivity index (χ3v) is 4.18. The van der Waals surface area contributed by atoms with E-state index in [1.165, 1.54) is 24.3 Å². The van der Waals surface area contributed by atoms with Crippen LogP contribution in [0.15, 0.2) is 59.0 Å². The van der Waals surface area contributed by atoms with Gasteiger partial charge < -0.3 is 9.73 Å². The first-order chi connectivity index (χ1) is 12.0. The van der Waals surface area contributed by atoms with Gasteiger partial charge in [0.2, 0.25) is 0 Å². The van der Waals surface area contributed by atoms with Gasteiger partial charge >= 0.3 is 0 Å². The first-order valence-electron chi connectivity index (χ1n) is 7.06. The van der Waals surface area contributed by atoms with E-state index in [4.69, 9.17) is 27.6 Å². The third-order valence-electron chi connectivity index (χ3n) is 3.36. The van der Waals surface area contributed by atoms with Crippen LogP contribution in [0.25, 0.3) is 11.3 Å². The number of hydrogen-bond donors (Lipinski definition) is 1. The van der Waals surface area contributed by atoms with Crippen molar-refractivity contribution in [2.75, 3.05) is 5.32 Å². The predicted octanol–water partition coefficient (Wildman–Crippen LogP) is 5.41. The highest BCUT2D eigenvalue weighted by Crippen LogP contribution is 2.34. The third kappa shape index (κ3) is 3.65. The molecule has 0 unspecified atom stereocenters. The SMILES string of the molecule is O=C(Nc1cccc([N+](=O)[O-])c1)c1ccc(-c2cccc(Cl)c2Cl)o1. The first-order valence-corrected chi connectivity index (χ1v) is 7.81. The van der Waals surface area contributed by atoms with Gasteiger partial charge in [0, 0.05) is 23.4 Å². The second kappa shape index (κ2) is 6.96. The number of carbonyl (C=O) groups is 1. The van der Waals surface area contributed by atoms with E-state index in [1.807, 2.05) is 0 Å². The largest absolute Gasteiger partial charge is 0.451 e. The van der Waals surface area contributed by atoms with Crippen LogP contribution in [-0.4, -0.2) is 10.8 Å². The minimum Gasteiger partial charge on any atom is -0.451 e. The summed E-state index contributed by atoms with van der Waals surface area (Å²) in [5, 5.41) is 14.0. The highest BCUT2D eigenvalue weighted by Gasteiger charge is 2.16. The van der Waals surface area contributed by atoms with Crippen LogP contribution in [0.1, 0.15) is 10.6 Å². The second-order valence-electron chi connectivity index (χ2n) is 5.03. The fourth-order valence-electron chi connectivity index (χ4n) is 2.19. The van der Waals surface area contributed by atoms with E-state index in [-0.39, 0.29) is 17.1 Å². The molecule has 0 aliphatic carbocycles. The number of rotatable bonds is 4. The van der Waals surface area contributed by atoms with Crippen molar-refractivity contribution in [2.24, 2.45) is 0 Å². The molecule has 0 atom stereocenters. The van der Waals surface area contributed by atoms with Crippen molar-refractivity contribution in [3.05, 3.63) is 80.5 Å². The molecule has 1 N–H and O–H groups in total. The number of non-ortho nitro benzene ring substituents is 1. The molecule has 0 radical (unpaired) electrons. The number of hydrogen-bond acceptors (Lipinski definition) is 4. The maximum Gasteiger partial charge on any atom is 0.291 e. The predicted molar refractivity (Wildman–Crippen MR) is 95.2 cm³/mol. The van der Waals surface area contributed by atoms with Gasteiger partial charge in [-0.3, -0.25) is 14.9 Å². The summed E-state index contributed by atoms with van der Waals surface area (Å²) in [6, 6.07) is 13.8. The molecule has 3 rings (SSSR count). The van der Waals surface area contributed by atoms with Crippen LogP contribution < -0.4 is 5.32 Å². The molecule has 126 valence electrons. The van der Waals surface area contributed by atoms with E-state index in [1.54, 1.807) is 30.3 Å². The van der Waals surface area contributed by atoms with E-state index in [0.29, 0.717) is 21.4 Å². The molecule has 3 aromatic rings. The Kier molecular flexibility index (Phi) is 4.74. The minimum atomic E-state index is -0.540. The monoisotopic (exact) mass is 376 g/mol. The van der Waals surface area contributed by atoms with Crippen LogP contribution in [0, 0.1) is 10.1 Å². The summed E-state index contributed by atoms with van der Waals surface area (Å²) in [6.07, 6.45) is 0. The van der Waals surface area contributed by atoms with Crippen LogP contribution >= 0.6 is 23.2 Å². The van der Waals surface area contributed by atoms with E-state index in [0.717, 1.165) is 0 Å². The molecular weight excluding hydrogens is 367 g/mol. The van der Waals surface area contributed by atoms with Gasteiger partial charge in [0.1, 0.15) is 5.76 Å². The summed E-state index contributed by atoms with van der Waals surface area (Å²) in [5.74, 6) is -0.112. The van der Waals surface area contributed by atoms with Gasteiger partial charge in [-0.15, -0.1) is 0 Å². The number of amides is 1. The molecule has 1 heterocycles. The molecule has 0 fully saturated rings. The molecular formula is C17H10Cl2N2O4. The summed E-state index contributed by atoms with van der Waals surface area (Å²) >= 11 is 12.1. The average molecular weight is 377 g/mol. The zero-order valence-electron chi connectivity index (χ0n) is 12.5. The number of nitro groups is 1. The Morgan fingerprint density at radius 3 is 2.60 bits per heavy atom. The molecule has 0 saturated heterocycles. The number of anilines is 1. The maximum atomic E-state index is 12.3. The van der Waals surface area contributed by atoms with Crippen LogP contribution in [0.2, 0.25) is 10.0 Å². The molecule has 6 nitrogen and oxygen atoms in total. The Hall–Kier alpha value is -2.83. The van der Waals surface area contributed by atoms with Gasteiger partial charge in [-0.2, -0.15) is 0 Å². The molecule has 2 aromatic carbocycles. The smallest absolute Gasteiger partial charge is 0.291 e. The summed E-state index contributed by atoms with van der Waals surface area (Å²) in [5.41, 5.74) is 0.727. The highest BCUT2D eigenvalue weighted by molar-refractivity contribution is 6.43. The molecule has 8 heteroatoms. The van der Waals surface area contributed by atoms with Crippen molar-refractivity contribution in [1.82, 2.24) is 0 Å². The molecule has 0 spiro atoms. The number of furan rings is 1. The van der Waals surface area contributed by atoms with Crippen molar-refractivity contribution in [3.8, 4) is 11.3 Å². The van der Waals surface area contributed by atoms with E-state index >= 15 is 0 Å². The number of nitrogens with one attached hydrogen (secondary N) is 1. The van der Waals surface area contributed by atoms with Crippen molar-refractivity contribution < 1.29 is 14.1 Å². The zero-order valence-corrected chi connectivity index (χ0v) is 14.0. The minimum absolute atomic E-state index is 0.0394. The molecule has 1 amide bonds. The summed E-state index contributed by atoms with van der Waals surface area (Å²) in [6.45, 7) is 0. The fourth-order valence-corrected chi connectivity index (χ4v) is 2.58. The van der Waals surface area contributed by atoms with Crippen LogP contribution in [-0.2, 0) is 0 Å². The van der Waals surface area contributed by atoms with Gasteiger partial charge in [0.25, 0.3) is 11.6 Å². The molecule has 1 aromatic heterocycles. The van der Waals surface area contributed by atoms with Crippen molar-refractivity contribution >= 4 is 40.5 Å². The maximum absolute atomic E-state index is 12.3. The van der Waals surface area contributed by atoms with Crippen LogP contribution in [0.4, 0.5) is 11.4 Å². The average Bonchev–Trinajstić information content (AvgIpc) is 3.07. The first kappa shape index (κ1) is 17.0. The molecule has 0 aliphatic heterocycles. The summed E-state index contributed by atoms with van der Waals surface area (Å²) in [4.78, 5) is 22.5. The second-order valence-corrected chi connectivity index (χ2v) is 5.81. The van der Waals surface area contributed by atoms with E-state index in [2.05, 4.69) is 5.32 Å². The van der Waals surface area contributed by atoms with E-state index < -0.39 is 10.8 Å². The topological polar surface area (TPSA) is 85.4 Å². The Morgan fingerprint density at radius 2 is 1.84 bits per heavy atom. The molecule has 25 heavy (non-hydrogen) atoms. The van der Waals surface area contributed by atoms with Crippen molar-refractivity contribution in [2.45, 2.75) is 0 Å². The number of nitro benzene ring substituents is 1. The molecule has 0 aliphatic rings. The number of carbonyl (C=O) groups excluding carboxylic acids is 1. The Bertz CT molecular complexity index is 969. The van der Waals surface area contributed by atoms with E-state index in [9.17, 15) is 14.9 Å². The lowest BCUT2D eigenvalue weighted by Crippen LogP contribution is -2.10. The lowest BCUT2D eigenvalue weighted by molar-refractivity contribution is -0.384. The highest BCUT2D eigenvalue weighted by atomic mass is 35.5. The zero-order chi connectivity index (χ0) is 18.0. The number of halogens is 2. The van der Waals surface area contributed by atoms with Gasteiger partial charge in [-0.25, -0.2) is 0 Å². The van der Waals surface area contributed by atoms with Crippen molar-refractivity contribution in [1.29, 1.82) is 0 Å². The molecule has 0 saturated carbocycles. The quantitative estimate of drug-likeness (QED) is 0.486. The summed E-state index contributed by atoms with van der Waals surface area (Å²) in [7, 11) is 0. The normalized spacial score (nSPS) is 10.5. The van der Waals surface area contributed by atoms with Gasteiger partial charge in [0.15, 0.2) is 5.76 Å². The molecule has 0 bridgehead atoms. The Labute approximate surface area is 152 Å². The fraction of sp³-hybridized carbons (Fsp3) is 0. The lowest BCUT2D eigenvalue weighted by Gasteiger charge is -2.04. The van der Waals surface area contributed by atoms with Crippen LogP contribution in [0.3, 0.4) is 0 Å². The lowest BCUT2D eigenvalue weighted by atomic mass is 10.2. The summed E-state index contributed by atoms with van der Waals surface area (Å²) < 4.78 is 5.53.